The van der Waals surface area contributed by atoms with Gasteiger partial charge in [0.25, 0.3) is 0 Å². The normalized spacial score (nSPS) is 16.9. The van der Waals surface area contributed by atoms with Crippen LogP contribution in [-0.2, 0) is 19.4 Å². The maximum Gasteiger partial charge on any atom is 0.338 e. The number of carbonyl (C=O) groups excluding carboxylic acids is 2. The Morgan fingerprint density at radius 2 is 1.75 bits per heavy atom. The van der Waals surface area contributed by atoms with E-state index in [1.165, 1.54) is 43.5 Å². The molecule has 0 aliphatic carbocycles. The smallest absolute Gasteiger partial charge is 0.338 e. The quantitative estimate of drug-likeness (QED) is 0.654. The molecule has 2 amide bonds. The number of carbonyl (C=O) groups is 2. The lowest BCUT2D eigenvalue weighted by Crippen LogP contribution is -2.47. The molecule has 0 aromatic heterocycles. The number of aromatic hydroxyl groups is 1. The molecule has 0 saturated heterocycles. The van der Waals surface area contributed by atoms with Crippen LogP contribution in [0.3, 0.4) is 0 Å². The molecular weight excluding hydrogens is 384 g/mol. The number of phenolic OH excluding ortho intramolecular Hbond substituents is 1. The summed E-state index contributed by atoms with van der Waals surface area (Å²) in [6, 6.07) is 12.0. The lowest BCUT2D eigenvalue weighted by atomic mass is 9.95. The fourth-order valence-corrected chi connectivity index (χ4v) is 4.25. The van der Waals surface area contributed by atoms with Gasteiger partial charge in [-0.1, -0.05) is 30.3 Å². The third kappa shape index (κ3) is 3.99. The number of hydrogen-bond acceptors (Lipinski definition) is 6. The van der Waals surface area contributed by atoms with E-state index in [9.17, 15) is 23.1 Å². The SMILES string of the molecule is COC(=O)C1=C(CS(=O)(=O)c2ccccc2)NC(=O)N[C@@H]1c1ccc(O)cc1. The number of esters is 1. The topological polar surface area (TPSA) is 122 Å². The highest BCUT2D eigenvalue weighted by molar-refractivity contribution is 7.91. The summed E-state index contributed by atoms with van der Waals surface area (Å²) < 4.78 is 30.3. The van der Waals surface area contributed by atoms with Crippen molar-refractivity contribution in [3.8, 4) is 5.75 Å². The zero-order valence-corrected chi connectivity index (χ0v) is 15.7. The number of benzene rings is 2. The summed E-state index contributed by atoms with van der Waals surface area (Å²) in [6.07, 6.45) is 0. The Bertz CT molecular complexity index is 1030. The molecule has 1 aliphatic rings. The third-order valence-electron chi connectivity index (χ3n) is 4.22. The van der Waals surface area contributed by atoms with Gasteiger partial charge in [0.05, 0.1) is 29.4 Å². The average Bonchev–Trinajstić information content (AvgIpc) is 2.68. The molecule has 0 fully saturated rings. The van der Waals surface area contributed by atoms with Crippen molar-refractivity contribution in [2.24, 2.45) is 0 Å². The molecule has 0 saturated carbocycles. The van der Waals surface area contributed by atoms with Crippen LogP contribution in [0.1, 0.15) is 11.6 Å². The molecule has 0 bridgehead atoms. The van der Waals surface area contributed by atoms with Crippen LogP contribution in [0, 0.1) is 0 Å². The second kappa shape index (κ2) is 7.73. The molecule has 28 heavy (non-hydrogen) atoms. The van der Waals surface area contributed by atoms with Gasteiger partial charge in [-0.3, -0.25) is 0 Å². The predicted octanol–water partition coefficient (Wildman–Crippen LogP) is 1.65. The van der Waals surface area contributed by atoms with Crippen molar-refractivity contribution < 1.29 is 27.9 Å². The van der Waals surface area contributed by atoms with Crippen molar-refractivity contribution in [3.05, 3.63) is 71.4 Å². The zero-order valence-electron chi connectivity index (χ0n) is 14.9. The molecule has 146 valence electrons. The molecule has 3 N–H and O–H groups in total. The highest BCUT2D eigenvalue weighted by Gasteiger charge is 2.35. The molecule has 0 radical (unpaired) electrons. The van der Waals surface area contributed by atoms with Crippen LogP contribution >= 0.6 is 0 Å². The summed E-state index contributed by atoms with van der Waals surface area (Å²) >= 11 is 0. The van der Waals surface area contributed by atoms with Crippen molar-refractivity contribution in [1.29, 1.82) is 0 Å². The molecule has 1 atom stereocenters. The molecule has 0 unspecified atom stereocenters. The van der Waals surface area contributed by atoms with Crippen molar-refractivity contribution in [2.75, 3.05) is 12.9 Å². The fourth-order valence-electron chi connectivity index (χ4n) is 2.90. The van der Waals surface area contributed by atoms with Crippen LogP contribution in [0.25, 0.3) is 0 Å². The van der Waals surface area contributed by atoms with Crippen molar-refractivity contribution >= 4 is 21.8 Å². The van der Waals surface area contributed by atoms with E-state index in [1.54, 1.807) is 18.2 Å². The third-order valence-corrected chi connectivity index (χ3v) is 5.88. The number of sulfone groups is 1. The number of rotatable bonds is 5. The summed E-state index contributed by atoms with van der Waals surface area (Å²) in [5, 5.41) is 14.5. The highest BCUT2D eigenvalue weighted by atomic mass is 32.2. The molecule has 1 heterocycles. The van der Waals surface area contributed by atoms with Gasteiger partial charge in [0.2, 0.25) is 0 Å². The minimum absolute atomic E-state index is 0.0134. The predicted molar refractivity (Wildman–Crippen MR) is 100 cm³/mol. The Morgan fingerprint density at radius 1 is 1.11 bits per heavy atom. The van der Waals surface area contributed by atoms with Crippen LogP contribution in [-0.4, -0.2) is 38.4 Å². The van der Waals surface area contributed by atoms with Crippen molar-refractivity contribution in [3.63, 3.8) is 0 Å². The number of amides is 2. The lowest BCUT2D eigenvalue weighted by molar-refractivity contribution is -0.136. The average molecular weight is 402 g/mol. The molecular formula is C19H18N2O6S. The van der Waals surface area contributed by atoms with Gasteiger partial charge >= 0.3 is 12.0 Å². The van der Waals surface area contributed by atoms with Gasteiger partial charge in [0.15, 0.2) is 9.84 Å². The van der Waals surface area contributed by atoms with E-state index >= 15 is 0 Å². The van der Waals surface area contributed by atoms with Crippen molar-refractivity contribution in [1.82, 2.24) is 10.6 Å². The van der Waals surface area contributed by atoms with Gasteiger partial charge in [0.1, 0.15) is 5.75 Å². The fraction of sp³-hybridized carbons (Fsp3) is 0.158. The molecule has 9 heteroatoms. The number of ether oxygens (including phenoxy) is 1. The van der Waals surface area contributed by atoms with Crippen LogP contribution in [0.5, 0.6) is 5.75 Å². The first-order valence-electron chi connectivity index (χ1n) is 8.27. The number of nitrogens with one attached hydrogen (secondary N) is 2. The van der Waals surface area contributed by atoms with Gasteiger partial charge < -0.3 is 20.5 Å². The van der Waals surface area contributed by atoms with E-state index in [0.717, 1.165) is 0 Å². The van der Waals surface area contributed by atoms with E-state index in [-0.39, 0.29) is 21.9 Å². The Balaban J connectivity index is 2.09. The number of hydrogen-bond donors (Lipinski definition) is 3. The van der Waals surface area contributed by atoms with Gasteiger partial charge in [-0.25, -0.2) is 18.0 Å². The standard InChI is InChI=1S/C19H18N2O6S/c1-27-18(23)16-15(11-28(25,26)14-5-3-2-4-6-14)20-19(24)21-17(16)12-7-9-13(22)10-8-12/h2-10,17,22H,11H2,1H3,(H2,20,21,24)/t17-/m1/s1. The van der Waals surface area contributed by atoms with E-state index in [0.29, 0.717) is 5.56 Å². The minimum atomic E-state index is -3.82. The molecule has 8 nitrogen and oxygen atoms in total. The summed E-state index contributed by atoms with van der Waals surface area (Å²) in [6.45, 7) is 0. The number of phenols is 1. The van der Waals surface area contributed by atoms with Gasteiger partial charge in [-0.2, -0.15) is 0 Å². The van der Waals surface area contributed by atoms with Crippen LogP contribution in [0.15, 0.2) is 70.8 Å². The first kappa shape index (κ1) is 19.4. The number of urea groups is 1. The molecule has 2 aromatic rings. The molecule has 0 spiro atoms. The van der Waals surface area contributed by atoms with Gasteiger partial charge in [-0.15, -0.1) is 0 Å². The van der Waals surface area contributed by atoms with Crippen molar-refractivity contribution in [2.45, 2.75) is 10.9 Å². The first-order valence-corrected chi connectivity index (χ1v) is 9.92. The van der Waals surface area contributed by atoms with E-state index in [2.05, 4.69) is 10.6 Å². The second-order valence-corrected chi connectivity index (χ2v) is 8.07. The Kier molecular flexibility index (Phi) is 5.36. The van der Waals surface area contributed by atoms with E-state index in [4.69, 9.17) is 4.74 Å². The molecule has 1 aliphatic heterocycles. The summed E-state index contributed by atoms with van der Waals surface area (Å²) in [7, 11) is -2.65. The van der Waals surface area contributed by atoms with E-state index in [1.807, 2.05) is 0 Å². The molecule has 2 aromatic carbocycles. The maximum absolute atomic E-state index is 12.8. The minimum Gasteiger partial charge on any atom is -0.508 e. The van der Waals surface area contributed by atoms with Crippen LogP contribution in [0.4, 0.5) is 4.79 Å². The van der Waals surface area contributed by atoms with Crippen LogP contribution in [0.2, 0.25) is 0 Å². The highest BCUT2D eigenvalue weighted by Crippen LogP contribution is 2.30. The summed E-state index contributed by atoms with van der Waals surface area (Å²) in [5.74, 6) is -1.34. The second-order valence-electron chi connectivity index (χ2n) is 6.08. The Labute approximate surface area is 161 Å². The zero-order chi connectivity index (χ0) is 20.3. The van der Waals surface area contributed by atoms with E-state index < -0.39 is 33.6 Å². The lowest BCUT2D eigenvalue weighted by Gasteiger charge is -2.29. The summed E-state index contributed by atoms with van der Waals surface area (Å²) in [4.78, 5) is 24.7. The maximum atomic E-state index is 12.8. The van der Waals surface area contributed by atoms with Gasteiger partial charge in [0, 0.05) is 5.70 Å². The molecule has 3 rings (SSSR count). The summed E-state index contributed by atoms with van der Waals surface area (Å²) in [5.41, 5.74) is 0.410. The Hall–Kier alpha value is -3.33. The number of methoxy groups -OCH3 is 1. The Morgan fingerprint density at radius 3 is 2.36 bits per heavy atom. The first-order chi connectivity index (χ1) is 13.3. The largest absolute Gasteiger partial charge is 0.508 e. The monoisotopic (exact) mass is 402 g/mol. The van der Waals surface area contributed by atoms with Crippen LogP contribution < -0.4 is 10.6 Å². The van der Waals surface area contributed by atoms with Gasteiger partial charge in [-0.05, 0) is 29.8 Å².